The lowest BCUT2D eigenvalue weighted by atomic mass is 10.1. The van der Waals surface area contributed by atoms with Crippen molar-refractivity contribution in [3.05, 3.63) is 52.7 Å². The number of carbonyl (C=O) groups is 2. The number of hydrogen-bond donors (Lipinski definition) is 1. The Morgan fingerprint density at radius 2 is 2.00 bits per heavy atom. The van der Waals surface area contributed by atoms with Gasteiger partial charge in [0.1, 0.15) is 12.4 Å². The number of hydrogen-bond acceptors (Lipinski definition) is 5. The highest BCUT2D eigenvalue weighted by Gasteiger charge is 2.23. The van der Waals surface area contributed by atoms with Gasteiger partial charge in [0.05, 0.1) is 17.1 Å². The number of cyclic esters (lactones) is 1. The second kappa shape index (κ2) is 8.69. The lowest BCUT2D eigenvalue weighted by Gasteiger charge is -2.26. The summed E-state index contributed by atoms with van der Waals surface area (Å²) in [5.74, 6) is 0.503. The predicted molar refractivity (Wildman–Crippen MR) is 111 cm³/mol. The molecule has 3 heterocycles. The van der Waals surface area contributed by atoms with Crippen LogP contribution in [0.25, 0.3) is 0 Å². The van der Waals surface area contributed by atoms with Gasteiger partial charge in [0, 0.05) is 31.5 Å². The van der Waals surface area contributed by atoms with E-state index in [2.05, 4.69) is 10.3 Å². The van der Waals surface area contributed by atoms with Crippen molar-refractivity contribution in [1.29, 1.82) is 0 Å². The van der Waals surface area contributed by atoms with Crippen LogP contribution in [0.1, 0.15) is 35.2 Å². The molecule has 2 fully saturated rings. The average molecular weight is 415 g/mol. The Kier molecular flexibility index (Phi) is 5.85. The second-order valence-corrected chi connectivity index (χ2v) is 7.60. The first-order valence-corrected chi connectivity index (χ1v) is 10.2. The molecular weight excluding hydrogens is 392 g/mol. The van der Waals surface area contributed by atoms with Crippen LogP contribution in [0.15, 0.2) is 36.5 Å². The Morgan fingerprint density at radius 3 is 2.72 bits per heavy atom. The van der Waals surface area contributed by atoms with E-state index in [9.17, 15) is 9.59 Å². The molecule has 1 N–H and O–H groups in total. The Hall–Kier alpha value is -2.80. The molecule has 1 aromatic heterocycles. The number of rotatable bonds is 5. The number of amides is 2. The Bertz CT molecular complexity index is 915. The molecule has 2 aliphatic rings. The van der Waals surface area contributed by atoms with Gasteiger partial charge in [-0.15, -0.1) is 0 Å². The molecule has 7 nitrogen and oxygen atoms in total. The van der Waals surface area contributed by atoms with Crippen molar-refractivity contribution in [3.8, 4) is 0 Å². The summed E-state index contributed by atoms with van der Waals surface area (Å²) in [5, 5.41) is 3.61. The van der Waals surface area contributed by atoms with Gasteiger partial charge < -0.3 is 15.0 Å². The van der Waals surface area contributed by atoms with Crippen molar-refractivity contribution in [1.82, 2.24) is 9.88 Å². The molecule has 152 valence electrons. The summed E-state index contributed by atoms with van der Waals surface area (Å²) in [6.07, 6.45) is 4.50. The number of anilines is 2. The minimum Gasteiger partial charge on any atom is -0.447 e. The third kappa shape index (κ3) is 4.45. The maximum Gasteiger partial charge on any atom is 0.414 e. The molecule has 1 aromatic carbocycles. The summed E-state index contributed by atoms with van der Waals surface area (Å²) in [7, 11) is 0. The minimum atomic E-state index is -0.325. The molecule has 0 bridgehead atoms. The largest absolute Gasteiger partial charge is 0.447 e. The zero-order valence-electron chi connectivity index (χ0n) is 16.1. The lowest BCUT2D eigenvalue weighted by molar-refractivity contribution is 0.0724. The first kappa shape index (κ1) is 19.5. The zero-order valence-corrected chi connectivity index (χ0v) is 16.8. The van der Waals surface area contributed by atoms with Gasteiger partial charge in [-0.05, 0) is 43.0 Å². The van der Waals surface area contributed by atoms with Crippen LogP contribution in [0.2, 0.25) is 5.02 Å². The van der Waals surface area contributed by atoms with E-state index >= 15 is 0 Å². The maximum atomic E-state index is 12.6. The highest BCUT2D eigenvalue weighted by atomic mass is 35.5. The van der Waals surface area contributed by atoms with Crippen molar-refractivity contribution in [2.45, 2.75) is 25.8 Å². The van der Waals surface area contributed by atoms with Crippen LogP contribution < -0.4 is 10.2 Å². The van der Waals surface area contributed by atoms with E-state index in [-0.39, 0.29) is 12.0 Å². The molecule has 2 saturated heterocycles. The summed E-state index contributed by atoms with van der Waals surface area (Å²) in [5.41, 5.74) is 2.29. The predicted octanol–water partition coefficient (Wildman–Crippen LogP) is 3.93. The van der Waals surface area contributed by atoms with Crippen LogP contribution in [0, 0.1) is 0 Å². The van der Waals surface area contributed by atoms with Crippen molar-refractivity contribution in [3.63, 3.8) is 0 Å². The molecule has 2 amide bonds. The van der Waals surface area contributed by atoms with Gasteiger partial charge in [-0.3, -0.25) is 9.69 Å². The van der Waals surface area contributed by atoms with E-state index in [0.717, 1.165) is 37.2 Å². The number of nitrogens with zero attached hydrogens (tertiary/aromatic N) is 3. The minimum absolute atomic E-state index is 0.0177. The molecule has 4 rings (SSSR count). The molecule has 0 atom stereocenters. The number of piperidine rings is 1. The quantitative estimate of drug-likeness (QED) is 0.802. The van der Waals surface area contributed by atoms with Gasteiger partial charge in [-0.2, -0.15) is 0 Å². The molecule has 2 aromatic rings. The van der Waals surface area contributed by atoms with Gasteiger partial charge in [-0.1, -0.05) is 23.7 Å². The van der Waals surface area contributed by atoms with Gasteiger partial charge in [-0.25, -0.2) is 9.78 Å². The first-order chi connectivity index (χ1) is 14.1. The topological polar surface area (TPSA) is 74.8 Å². The van der Waals surface area contributed by atoms with Crippen molar-refractivity contribution < 1.29 is 14.3 Å². The van der Waals surface area contributed by atoms with Crippen LogP contribution in [-0.2, 0) is 11.3 Å². The van der Waals surface area contributed by atoms with Crippen molar-refractivity contribution >= 4 is 35.1 Å². The molecule has 8 heteroatoms. The van der Waals surface area contributed by atoms with Crippen molar-refractivity contribution in [2.75, 3.05) is 36.5 Å². The van der Waals surface area contributed by atoms with Gasteiger partial charge in [0.25, 0.3) is 5.91 Å². The number of benzene rings is 1. The fourth-order valence-corrected chi connectivity index (χ4v) is 3.85. The summed E-state index contributed by atoms with van der Waals surface area (Å²) < 4.78 is 4.99. The molecule has 0 radical (unpaired) electrons. The average Bonchev–Trinajstić information content (AvgIpc) is 3.19. The smallest absolute Gasteiger partial charge is 0.414 e. The van der Waals surface area contributed by atoms with E-state index in [4.69, 9.17) is 16.3 Å². The van der Waals surface area contributed by atoms with E-state index < -0.39 is 0 Å². The number of pyridine rings is 1. The number of halogens is 1. The number of nitrogens with one attached hydrogen (secondary N) is 1. The maximum absolute atomic E-state index is 12.6. The monoisotopic (exact) mass is 414 g/mol. The normalized spacial score (nSPS) is 16.7. The van der Waals surface area contributed by atoms with Crippen LogP contribution in [0.5, 0.6) is 0 Å². The highest BCUT2D eigenvalue weighted by molar-refractivity contribution is 6.33. The molecule has 0 unspecified atom stereocenters. The van der Waals surface area contributed by atoms with Gasteiger partial charge in [0.15, 0.2) is 0 Å². The molecule has 0 saturated carbocycles. The molecule has 0 spiro atoms. The van der Waals surface area contributed by atoms with Crippen LogP contribution in [-0.4, -0.2) is 48.1 Å². The Labute approximate surface area is 174 Å². The third-order valence-corrected chi connectivity index (χ3v) is 5.46. The van der Waals surface area contributed by atoms with E-state index in [1.807, 2.05) is 29.2 Å². The van der Waals surface area contributed by atoms with Gasteiger partial charge in [0.2, 0.25) is 0 Å². The van der Waals surface area contributed by atoms with Crippen LogP contribution in [0.4, 0.5) is 16.3 Å². The van der Waals surface area contributed by atoms with Crippen LogP contribution in [0.3, 0.4) is 0 Å². The summed E-state index contributed by atoms with van der Waals surface area (Å²) in [6.45, 7) is 3.02. The molecule has 0 aliphatic carbocycles. The number of likely N-dealkylation sites (tertiary alicyclic amines) is 1. The molecule has 29 heavy (non-hydrogen) atoms. The molecule has 2 aliphatic heterocycles. The summed E-state index contributed by atoms with van der Waals surface area (Å²) in [6, 6.07) is 9.34. The third-order valence-electron chi connectivity index (χ3n) is 5.17. The van der Waals surface area contributed by atoms with Gasteiger partial charge >= 0.3 is 6.09 Å². The lowest BCUT2D eigenvalue weighted by Crippen LogP contribution is -2.35. The zero-order chi connectivity index (χ0) is 20.2. The fourth-order valence-electron chi connectivity index (χ4n) is 3.61. The second-order valence-electron chi connectivity index (χ2n) is 7.20. The Morgan fingerprint density at radius 1 is 1.17 bits per heavy atom. The standard InChI is InChI=1S/C21H23ClN4O3/c22-18-12-16(20(27)25-7-2-1-3-8-25)14-24-19(18)23-13-15-5-4-6-17(11-15)26-9-10-29-21(26)28/h4-6,11-12,14H,1-3,7-10,13H2,(H,23,24). The summed E-state index contributed by atoms with van der Waals surface area (Å²) >= 11 is 6.37. The van der Waals surface area contributed by atoms with E-state index in [1.54, 1.807) is 17.2 Å². The summed E-state index contributed by atoms with van der Waals surface area (Å²) in [4.78, 5) is 32.2. The number of carbonyl (C=O) groups excluding carboxylic acids is 2. The number of aromatic nitrogens is 1. The number of ether oxygens (including phenoxy) is 1. The van der Waals surface area contributed by atoms with E-state index in [0.29, 0.717) is 36.1 Å². The fraction of sp³-hybridized carbons (Fsp3) is 0.381. The van der Waals surface area contributed by atoms with Crippen molar-refractivity contribution in [2.24, 2.45) is 0 Å². The van der Waals surface area contributed by atoms with Crippen LogP contribution >= 0.6 is 11.6 Å². The molecular formula is C21H23ClN4O3. The SMILES string of the molecule is O=C(c1cnc(NCc2cccc(N3CCOC3=O)c2)c(Cl)c1)N1CCCCC1. The first-order valence-electron chi connectivity index (χ1n) is 9.84. The Balaban J connectivity index is 1.41. The van der Waals surface area contributed by atoms with E-state index in [1.165, 1.54) is 6.42 Å². The highest BCUT2D eigenvalue weighted by Crippen LogP contribution is 2.24.